The third-order valence-corrected chi connectivity index (χ3v) is 3.76. The van der Waals surface area contributed by atoms with Gasteiger partial charge in [-0.3, -0.25) is 4.79 Å². The zero-order valence-electron chi connectivity index (χ0n) is 10.3. The summed E-state index contributed by atoms with van der Waals surface area (Å²) in [6, 6.07) is 7.17. The molecule has 0 atom stereocenters. The molecule has 6 nitrogen and oxygen atoms in total. The largest absolute Gasteiger partial charge is 0.490 e. The maximum Gasteiger partial charge on any atom is 0.339 e. The van der Waals surface area contributed by atoms with Crippen LogP contribution in [0.3, 0.4) is 0 Å². The first-order chi connectivity index (χ1) is 9.68. The number of benzene rings is 1. The van der Waals surface area contributed by atoms with Crippen LogP contribution in [0.25, 0.3) is 0 Å². The Balaban J connectivity index is 2.00. The average molecular weight is 290 g/mol. The molecule has 0 saturated carbocycles. The number of para-hydroxylation sites is 2. The second-order valence-electron chi connectivity index (χ2n) is 4.15. The molecule has 0 fully saturated rings. The lowest BCUT2D eigenvalue weighted by Gasteiger charge is -2.29. The summed E-state index contributed by atoms with van der Waals surface area (Å²) in [7, 11) is 0. The number of carbonyl (C=O) groups excluding carboxylic acids is 1. The van der Waals surface area contributed by atoms with E-state index in [2.05, 4.69) is 4.37 Å². The average Bonchev–Trinajstić information content (AvgIpc) is 2.95. The van der Waals surface area contributed by atoms with Gasteiger partial charge in [-0.05, 0) is 23.7 Å². The molecular weight excluding hydrogens is 280 g/mol. The highest BCUT2D eigenvalue weighted by molar-refractivity contribution is 7.08. The SMILES string of the molecule is O=C(O)c1cnsc1C(=O)N1CCOc2ccccc21. The minimum absolute atomic E-state index is 0.0658. The third-order valence-electron chi connectivity index (χ3n) is 2.97. The molecular formula is C13H10N2O4S. The number of rotatable bonds is 2. The lowest BCUT2D eigenvalue weighted by atomic mass is 10.2. The molecule has 1 amide bonds. The van der Waals surface area contributed by atoms with Crippen molar-refractivity contribution in [3.05, 3.63) is 40.9 Å². The molecule has 2 heterocycles. The van der Waals surface area contributed by atoms with Gasteiger partial charge >= 0.3 is 5.97 Å². The molecule has 0 bridgehead atoms. The van der Waals surface area contributed by atoms with Crippen LogP contribution in [0.4, 0.5) is 5.69 Å². The second-order valence-corrected chi connectivity index (χ2v) is 4.95. The van der Waals surface area contributed by atoms with Crippen LogP contribution in [0.1, 0.15) is 20.0 Å². The predicted octanol–water partition coefficient (Wildman–Crippen LogP) is 1.88. The summed E-state index contributed by atoms with van der Waals surface area (Å²) >= 11 is 0.891. The minimum Gasteiger partial charge on any atom is -0.490 e. The third kappa shape index (κ3) is 2.01. The quantitative estimate of drug-likeness (QED) is 0.913. The van der Waals surface area contributed by atoms with Crippen LogP contribution in [0.5, 0.6) is 5.75 Å². The molecule has 7 heteroatoms. The van der Waals surface area contributed by atoms with E-state index < -0.39 is 5.97 Å². The summed E-state index contributed by atoms with van der Waals surface area (Å²) in [5.41, 5.74) is 0.581. The van der Waals surface area contributed by atoms with Gasteiger partial charge in [0, 0.05) is 0 Å². The van der Waals surface area contributed by atoms with Crippen molar-refractivity contribution in [3.63, 3.8) is 0 Å². The monoisotopic (exact) mass is 290 g/mol. The van der Waals surface area contributed by atoms with Gasteiger partial charge in [-0.2, -0.15) is 4.37 Å². The van der Waals surface area contributed by atoms with Gasteiger partial charge in [0.2, 0.25) is 0 Å². The summed E-state index contributed by atoms with van der Waals surface area (Å²) < 4.78 is 9.27. The number of aromatic nitrogens is 1. The molecule has 3 rings (SSSR count). The number of fused-ring (bicyclic) bond motifs is 1. The highest BCUT2D eigenvalue weighted by Gasteiger charge is 2.28. The Hall–Kier alpha value is -2.41. The van der Waals surface area contributed by atoms with E-state index in [9.17, 15) is 9.59 Å². The number of carboxylic acid groups (broad SMARTS) is 1. The van der Waals surface area contributed by atoms with Crippen molar-refractivity contribution in [2.24, 2.45) is 0 Å². The summed E-state index contributed by atoms with van der Waals surface area (Å²) in [4.78, 5) is 25.3. The van der Waals surface area contributed by atoms with Gasteiger partial charge in [0.05, 0.1) is 18.4 Å². The fourth-order valence-electron chi connectivity index (χ4n) is 2.05. The molecule has 0 radical (unpaired) electrons. The number of aromatic carboxylic acids is 1. The Bertz CT molecular complexity index is 683. The molecule has 0 spiro atoms. The number of hydrogen-bond acceptors (Lipinski definition) is 5. The molecule has 102 valence electrons. The molecule has 0 aliphatic carbocycles. The summed E-state index contributed by atoms with van der Waals surface area (Å²) in [5.74, 6) is -0.891. The molecule has 1 N–H and O–H groups in total. The zero-order chi connectivity index (χ0) is 14.1. The topological polar surface area (TPSA) is 79.7 Å². The number of carbonyl (C=O) groups is 2. The van der Waals surface area contributed by atoms with E-state index in [0.29, 0.717) is 24.6 Å². The van der Waals surface area contributed by atoms with E-state index in [1.807, 2.05) is 6.07 Å². The van der Waals surface area contributed by atoms with Crippen molar-refractivity contribution in [1.29, 1.82) is 0 Å². The van der Waals surface area contributed by atoms with Gasteiger partial charge in [0.25, 0.3) is 5.91 Å². The van der Waals surface area contributed by atoms with Crippen LogP contribution < -0.4 is 9.64 Å². The van der Waals surface area contributed by atoms with Crippen LogP contribution in [0, 0.1) is 0 Å². The van der Waals surface area contributed by atoms with Crippen LogP contribution in [-0.4, -0.2) is 34.5 Å². The number of anilines is 1. The Kier molecular flexibility index (Phi) is 3.11. The van der Waals surface area contributed by atoms with Crippen molar-refractivity contribution >= 4 is 29.1 Å². The van der Waals surface area contributed by atoms with Crippen molar-refractivity contribution in [3.8, 4) is 5.75 Å². The Labute approximate surface area is 118 Å². The van der Waals surface area contributed by atoms with Gasteiger partial charge in [-0.1, -0.05) is 12.1 Å². The highest BCUT2D eigenvalue weighted by atomic mass is 32.1. The molecule has 0 unspecified atom stereocenters. The number of carboxylic acids is 1. The molecule has 0 saturated heterocycles. The molecule has 20 heavy (non-hydrogen) atoms. The van der Waals surface area contributed by atoms with E-state index >= 15 is 0 Å². The number of hydrogen-bond donors (Lipinski definition) is 1. The Morgan fingerprint density at radius 1 is 1.35 bits per heavy atom. The summed E-state index contributed by atoms with van der Waals surface area (Å²) in [6.07, 6.45) is 1.20. The van der Waals surface area contributed by atoms with E-state index in [4.69, 9.17) is 9.84 Å². The first-order valence-electron chi connectivity index (χ1n) is 5.90. The van der Waals surface area contributed by atoms with Crippen molar-refractivity contribution in [2.45, 2.75) is 0 Å². The van der Waals surface area contributed by atoms with Gasteiger partial charge in [-0.15, -0.1) is 0 Å². The minimum atomic E-state index is -1.15. The summed E-state index contributed by atoms with van der Waals surface area (Å²) in [6.45, 7) is 0.761. The van der Waals surface area contributed by atoms with Crippen molar-refractivity contribution in [1.82, 2.24) is 4.37 Å². The van der Waals surface area contributed by atoms with Gasteiger partial charge in [0.1, 0.15) is 22.8 Å². The zero-order valence-corrected chi connectivity index (χ0v) is 11.1. The van der Waals surface area contributed by atoms with Crippen molar-refractivity contribution < 1.29 is 19.4 Å². The number of nitrogens with zero attached hydrogens (tertiary/aromatic N) is 2. The smallest absolute Gasteiger partial charge is 0.339 e. The van der Waals surface area contributed by atoms with Gasteiger partial charge in [-0.25, -0.2) is 4.79 Å². The van der Waals surface area contributed by atoms with Crippen LogP contribution in [-0.2, 0) is 0 Å². The lowest BCUT2D eigenvalue weighted by molar-refractivity contribution is 0.0692. The Morgan fingerprint density at radius 3 is 2.95 bits per heavy atom. The Morgan fingerprint density at radius 2 is 2.15 bits per heavy atom. The second kappa shape index (κ2) is 4.93. The first-order valence-corrected chi connectivity index (χ1v) is 6.67. The standard InChI is InChI=1S/C13H10N2O4S/c16-12(11-8(13(17)18)7-14-20-11)15-5-6-19-10-4-2-1-3-9(10)15/h1-4,7H,5-6H2,(H,17,18). The van der Waals surface area contributed by atoms with E-state index in [1.54, 1.807) is 18.2 Å². The molecule has 1 aromatic carbocycles. The molecule has 1 aromatic heterocycles. The number of amides is 1. The van der Waals surface area contributed by atoms with Crippen LogP contribution in [0.2, 0.25) is 0 Å². The van der Waals surface area contributed by atoms with Crippen molar-refractivity contribution in [2.75, 3.05) is 18.1 Å². The van der Waals surface area contributed by atoms with Crippen LogP contribution >= 0.6 is 11.5 Å². The van der Waals surface area contributed by atoms with Gasteiger partial charge < -0.3 is 14.7 Å². The maximum absolute atomic E-state index is 12.5. The normalized spacial score (nSPS) is 13.5. The summed E-state index contributed by atoms with van der Waals surface area (Å²) in [5, 5.41) is 9.07. The molecule has 1 aliphatic heterocycles. The lowest BCUT2D eigenvalue weighted by Crippen LogP contribution is -2.38. The fraction of sp³-hybridized carbons (Fsp3) is 0.154. The van der Waals surface area contributed by atoms with Crippen LogP contribution in [0.15, 0.2) is 30.5 Å². The molecule has 2 aromatic rings. The predicted molar refractivity (Wildman–Crippen MR) is 72.7 cm³/mol. The van der Waals surface area contributed by atoms with E-state index in [-0.39, 0.29) is 16.3 Å². The highest BCUT2D eigenvalue weighted by Crippen LogP contribution is 2.32. The maximum atomic E-state index is 12.5. The van der Waals surface area contributed by atoms with E-state index in [1.165, 1.54) is 11.1 Å². The molecule has 1 aliphatic rings. The van der Waals surface area contributed by atoms with Gasteiger partial charge in [0.15, 0.2) is 0 Å². The fourth-order valence-corrected chi connectivity index (χ4v) is 2.74. The first kappa shape index (κ1) is 12.6. The number of ether oxygens (including phenoxy) is 1. The van der Waals surface area contributed by atoms with E-state index in [0.717, 1.165) is 11.5 Å².